The number of hydrogen-bond donors (Lipinski definition) is 0. The molecule has 17 heavy (non-hydrogen) atoms. The van der Waals surface area contributed by atoms with Crippen LogP contribution >= 0.6 is 27.3 Å². The van der Waals surface area contributed by atoms with Gasteiger partial charge in [-0.05, 0) is 17.7 Å². The topological polar surface area (TPSA) is 33.2 Å². The van der Waals surface area contributed by atoms with Crippen LogP contribution in [0, 0.1) is 0 Å². The second-order valence-electron chi connectivity index (χ2n) is 3.66. The Kier molecular flexibility index (Phi) is 3.91. The molecule has 1 amide bonds. The number of carbonyl (C=O) groups is 1. The molecule has 0 atom stereocenters. The number of hydrogen-bond acceptors (Lipinski definition) is 3. The van der Waals surface area contributed by atoms with Crippen LogP contribution in [0.3, 0.4) is 0 Å². The Hall–Kier alpha value is -1.20. The smallest absolute Gasteiger partial charge is 0.273 e. The molecule has 0 fully saturated rings. The van der Waals surface area contributed by atoms with Crippen LogP contribution in [0.1, 0.15) is 16.1 Å². The van der Waals surface area contributed by atoms with Gasteiger partial charge in [-0.1, -0.05) is 28.1 Å². The van der Waals surface area contributed by atoms with Gasteiger partial charge in [0.15, 0.2) is 0 Å². The van der Waals surface area contributed by atoms with Crippen LogP contribution in [0.5, 0.6) is 0 Å². The van der Waals surface area contributed by atoms with Crippen molar-refractivity contribution in [3.05, 3.63) is 50.9 Å². The van der Waals surface area contributed by atoms with Crippen LogP contribution in [-0.4, -0.2) is 22.8 Å². The highest BCUT2D eigenvalue weighted by Crippen LogP contribution is 2.14. The van der Waals surface area contributed by atoms with Gasteiger partial charge in [0.05, 0.1) is 5.51 Å². The van der Waals surface area contributed by atoms with E-state index < -0.39 is 0 Å². The molecule has 2 rings (SSSR count). The van der Waals surface area contributed by atoms with Crippen molar-refractivity contribution in [3.63, 3.8) is 0 Å². The fraction of sp³-hybridized carbons (Fsp3) is 0.167. The van der Waals surface area contributed by atoms with Gasteiger partial charge in [0, 0.05) is 23.4 Å². The summed E-state index contributed by atoms with van der Waals surface area (Å²) in [6.07, 6.45) is 0. The van der Waals surface area contributed by atoms with Crippen LogP contribution < -0.4 is 0 Å². The number of thiazole rings is 1. The van der Waals surface area contributed by atoms with Crippen LogP contribution in [-0.2, 0) is 6.54 Å². The summed E-state index contributed by atoms with van der Waals surface area (Å²) < 4.78 is 1.02. The first-order valence-corrected chi connectivity index (χ1v) is 6.78. The van der Waals surface area contributed by atoms with Gasteiger partial charge in [0.25, 0.3) is 5.91 Å². The first kappa shape index (κ1) is 12.3. The van der Waals surface area contributed by atoms with Gasteiger partial charge in [0.1, 0.15) is 5.69 Å². The Morgan fingerprint density at radius 1 is 1.53 bits per heavy atom. The fourth-order valence-corrected chi connectivity index (χ4v) is 2.47. The van der Waals surface area contributed by atoms with Crippen molar-refractivity contribution < 1.29 is 4.79 Å². The predicted molar refractivity (Wildman–Crippen MR) is 72.1 cm³/mol. The molecule has 88 valence electrons. The molecule has 0 unspecified atom stereocenters. The molecular formula is C12H11BrN2OS. The molecular weight excluding hydrogens is 300 g/mol. The van der Waals surface area contributed by atoms with E-state index in [2.05, 4.69) is 20.9 Å². The largest absolute Gasteiger partial charge is 0.336 e. The molecule has 3 nitrogen and oxygen atoms in total. The number of aromatic nitrogens is 1. The van der Waals surface area contributed by atoms with Crippen LogP contribution in [0.25, 0.3) is 0 Å². The van der Waals surface area contributed by atoms with Crippen molar-refractivity contribution in [2.45, 2.75) is 6.54 Å². The first-order valence-electron chi connectivity index (χ1n) is 5.05. The zero-order valence-electron chi connectivity index (χ0n) is 9.26. The van der Waals surface area contributed by atoms with E-state index in [1.54, 1.807) is 22.8 Å². The van der Waals surface area contributed by atoms with Gasteiger partial charge >= 0.3 is 0 Å². The standard InChI is InChI=1S/C12H11BrN2OS/c1-15(12(16)11-7-17-8-14-11)6-9-3-2-4-10(13)5-9/h2-5,7-8H,6H2,1H3. The summed E-state index contributed by atoms with van der Waals surface area (Å²) in [4.78, 5) is 17.6. The maximum atomic E-state index is 12.0. The van der Waals surface area contributed by atoms with E-state index in [9.17, 15) is 4.79 Å². The maximum Gasteiger partial charge on any atom is 0.273 e. The highest BCUT2D eigenvalue weighted by molar-refractivity contribution is 9.10. The molecule has 0 bridgehead atoms. The lowest BCUT2D eigenvalue weighted by Crippen LogP contribution is -2.26. The monoisotopic (exact) mass is 310 g/mol. The lowest BCUT2D eigenvalue weighted by atomic mass is 10.2. The molecule has 0 radical (unpaired) electrons. The maximum absolute atomic E-state index is 12.0. The second-order valence-corrected chi connectivity index (χ2v) is 5.30. The van der Waals surface area contributed by atoms with Crippen molar-refractivity contribution in [1.82, 2.24) is 9.88 Å². The Morgan fingerprint density at radius 3 is 3.00 bits per heavy atom. The minimum Gasteiger partial charge on any atom is -0.336 e. The summed E-state index contributed by atoms with van der Waals surface area (Å²) in [6.45, 7) is 0.579. The quantitative estimate of drug-likeness (QED) is 0.872. The van der Waals surface area contributed by atoms with Gasteiger partial charge in [-0.2, -0.15) is 0 Å². The van der Waals surface area contributed by atoms with Gasteiger partial charge in [-0.25, -0.2) is 4.98 Å². The fourth-order valence-electron chi connectivity index (χ4n) is 1.49. The predicted octanol–water partition coefficient (Wildman–Crippen LogP) is 3.18. The third-order valence-corrected chi connectivity index (χ3v) is 3.39. The first-order chi connectivity index (χ1) is 8.16. The molecule has 0 saturated carbocycles. The molecule has 0 spiro atoms. The molecule has 0 saturated heterocycles. The molecule has 1 heterocycles. The van der Waals surface area contributed by atoms with Gasteiger partial charge in [-0.15, -0.1) is 11.3 Å². The van der Waals surface area contributed by atoms with E-state index >= 15 is 0 Å². The Balaban J connectivity index is 2.07. The van der Waals surface area contributed by atoms with Gasteiger partial charge < -0.3 is 4.90 Å². The minimum atomic E-state index is -0.0498. The van der Waals surface area contributed by atoms with Gasteiger partial charge in [0.2, 0.25) is 0 Å². The third-order valence-electron chi connectivity index (χ3n) is 2.31. The zero-order valence-corrected chi connectivity index (χ0v) is 11.7. The van der Waals surface area contributed by atoms with Gasteiger partial charge in [-0.3, -0.25) is 4.79 Å². The molecule has 2 aromatic rings. The highest BCUT2D eigenvalue weighted by Gasteiger charge is 2.13. The van der Waals surface area contributed by atoms with Crippen molar-refractivity contribution in [3.8, 4) is 0 Å². The van der Waals surface area contributed by atoms with Crippen molar-refractivity contribution >= 4 is 33.2 Å². The summed E-state index contributed by atoms with van der Waals surface area (Å²) in [5, 5.41) is 1.76. The average Bonchev–Trinajstić information content (AvgIpc) is 2.81. The molecule has 5 heteroatoms. The number of carbonyl (C=O) groups excluding carboxylic acids is 1. The van der Waals surface area contributed by atoms with Crippen LogP contribution in [0.2, 0.25) is 0 Å². The normalized spacial score (nSPS) is 10.2. The average molecular weight is 311 g/mol. The van der Waals surface area contributed by atoms with E-state index in [1.807, 2.05) is 24.3 Å². The molecule has 1 aromatic carbocycles. The highest BCUT2D eigenvalue weighted by atomic mass is 79.9. The summed E-state index contributed by atoms with van der Waals surface area (Å²) in [5.41, 5.74) is 3.26. The SMILES string of the molecule is CN(Cc1cccc(Br)c1)C(=O)c1cscn1. The number of nitrogens with zero attached hydrogens (tertiary/aromatic N) is 2. The van der Waals surface area contributed by atoms with E-state index in [1.165, 1.54) is 11.3 Å². The number of amides is 1. The van der Waals surface area contributed by atoms with Crippen LogP contribution in [0.15, 0.2) is 39.6 Å². The lowest BCUT2D eigenvalue weighted by molar-refractivity contribution is 0.0780. The molecule has 0 N–H and O–H groups in total. The second kappa shape index (κ2) is 5.42. The summed E-state index contributed by atoms with van der Waals surface area (Å²) in [5.74, 6) is -0.0498. The zero-order chi connectivity index (χ0) is 12.3. The van der Waals surface area contributed by atoms with E-state index in [0.717, 1.165) is 10.0 Å². The number of rotatable bonds is 3. The molecule has 0 aliphatic heterocycles. The summed E-state index contributed by atoms with van der Waals surface area (Å²) >= 11 is 4.84. The Morgan fingerprint density at radius 2 is 2.35 bits per heavy atom. The van der Waals surface area contributed by atoms with E-state index in [0.29, 0.717) is 12.2 Å². The van der Waals surface area contributed by atoms with E-state index in [4.69, 9.17) is 0 Å². The Bertz CT molecular complexity index is 513. The molecule has 0 aliphatic carbocycles. The van der Waals surface area contributed by atoms with Crippen molar-refractivity contribution in [1.29, 1.82) is 0 Å². The number of benzene rings is 1. The van der Waals surface area contributed by atoms with Crippen molar-refractivity contribution in [2.75, 3.05) is 7.05 Å². The number of halogens is 1. The molecule has 0 aliphatic rings. The van der Waals surface area contributed by atoms with Crippen molar-refractivity contribution in [2.24, 2.45) is 0 Å². The third kappa shape index (κ3) is 3.14. The summed E-state index contributed by atoms with van der Waals surface area (Å²) in [7, 11) is 1.78. The molecule has 1 aromatic heterocycles. The Labute approximate surface area is 112 Å². The summed E-state index contributed by atoms with van der Waals surface area (Å²) in [6, 6.07) is 7.92. The lowest BCUT2D eigenvalue weighted by Gasteiger charge is -2.16. The van der Waals surface area contributed by atoms with Crippen LogP contribution in [0.4, 0.5) is 0 Å². The van der Waals surface area contributed by atoms with E-state index in [-0.39, 0.29) is 5.91 Å². The minimum absolute atomic E-state index is 0.0498.